The summed E-state index contributed by atoms with van der Waals surface area (Å²) in [5.74, 6) is 0.351. The van der Waals surface area contributed by atoms with Crippen molar-refractivity contribution in [3.63, 3.8) is 0 Å². The predicted octanol–water partition coefficient (Wildman–Crippen LogP) is 2.75. The van der Waals surface area contributed by atoms with E-state index in [9.17, 15) is 9.90 Å². The number of rotatable bonds is 2. The molecule has 5 nitrogen and oxygen atoms in total. The molecule has 3 rings (SSSR count). The van der Waals surface area contributed by atoms with Gasteiger partial charge in [-0.25, -0.2) is 4.98 Å². The molecule has 2 aromatic rings. The molecule has 1 aromatic heterocycles. The van der Waals surface area contributed by atoms with Crippen LogP contribution in [-0.4, -0.2) is 20.4 Å². The molecular formula is C11H8BrN3O2S2. The molecule has 0 bridgehead atoms. The first kappa shape index (κ1) is 13.0. The Hall–Kier alpha value is -0.960. The zero-order chi connectivity index (χ0) is 13.6. The molecule has 2 N–H and O–H groups in total. The third kappa shape index (κ3) is 2.40. The monoisotopic (exact) mass is 357 g/mol. The summed E-state index contributed by atoms with van der Waals surface area (Å²) in [6.07, 6.45) is -1.09. The highest BCUT2D eigenvalue weighted by atomic mass is 79.9. The van der Waals surface area contributed by atoms with Gasteiger partial charge in [0.15, 0.2) is 10.4 Å². The number of nitrogens with one attached hydrogen (secondary N) is 1. The summed E-state index contributed by atoms with van der Waals surface area (Å²) in [6, 6.07) is 3.59. The average molecular weight is 358 g/mol. The van der Waals surface area contributed by atoms with Crippen molar-refractivity contribution < 1.29 is 9.90 Å². The Morgan fingerprint density at radius 2 is 2.32 bits per heavy atom. The number of benzene rings is 1. The summed E-state index contributed by atoms with van der Waals surface area (Å²) in [6.45, 7) is 1.84. The van der Waals surface area contributed by atoms with E-state index < -0.39 is 12.0 Å². The van der Waals surface area contributed by atoms with Crippen LogP contribution in [0.4, 0.5) is 5.69 Å². The molecule has 0 radical (unpaired) electrons. The van der Waals surface area contributed by atoms with Crippen molar-refractivity contribution in [2.24, 2.45) is 0 Å². The van der Waals surface area contributed by atoms with Gasteiger partial charge in [0, 0.05) is 20.6 Å². The van der Waals surface area contributed by atoms with Crippen LogP contribution in [0.15, 0.2) is 25.8 Å². The Labute approximate surface area is 125 Å². The molecule has 8 heteroatoms. The molecule has 1 amide bonds. The van der Waals surface area contributed by atoms with E-state index >= 15 is 0 Å². The van der Waals surface area contributed by atoms with Gasteiger partial charge < -0.3 is 10.4 Å². The number of carbonyl (C=O) groups excluding carboxylic acids is 1. The molecule has 1 aromatic carbocycles. The number of anilines is 1. The summed E-state index contributed by atoms with van der Waals surface area (Å²) in [7, 11) is 0. The van der Waals surface area contributed by atoms with E-state index in [4.69, 9.17) is 0 Å². The van der Waals surface area contributed by atoms with Crippen LogP contribution in [0.25, 0.3) is 0 Å². The van der Waals surface area contributed by atoms with Gasteiger partial charge in [0.25, 0.3) is 5.91 Å². The van der Waals surface area contributed by atoms with Gasteiger partial charge in [0.1, 0.15) is 5.82 Å². The highest BCUT2D eigenvalue weighted by Crippen LogP contribution is 2.41. The first-order valence-electron chi connectivity index (χ1n) is 5.35. The number of hydrogen-bond donors (Lipinski definition) is 2. The Kier molecular flexibility index (Phi) is 3.34. The van der Waals surface area contributed by atoms with Crippen molar-refractivity contribution >= 4 is 50.8 Å². The number of carbonyl (C=O) groups is 1. The zero-order valence-electron chi connectivity index (χ0n) is 9.68. The van der Waals surface area contributed by atoms with Gasteiger partial charge in [-0.3, -0.25) is 4.79 Å². The second-order valence-corrected chi connectivity index (χ2v) is 6.87. The Balaban J connectivity index is 1.96. The Bertz CT molecular complexity index is 674. The fraction of sp³-hybridized carbons (Fsp3) is 0.182. The molecule has 1 unspecified atom stereocenters. The number of aliphatic hydroxyl groups excluding tert-OH is 1. The van der Waals surface area contributed by atoms with Crippen molar-refractivity contribution in [3.8, 4) is 0 Å². The third-order valence-corrected chi connectivity index (χ3v) is 5.43. The van der Waals surface area contributed by atoms with Crippen LogP contribution < -0.4 is 5.32 Å². The first-order chi connectivity index (χ1) is 9.04. The molecule has 1 aliphatic heterocycles. The number of amides is 1. The van der Waals surface area contributed by atoms with E-state index in [1.54, 1.807) is 6.07 Å². The number of fused-ring (bicyclic) bond motifs is 1. The molecule has 98 valence electrons. The largest absolute Gasteiger partial charge is 0.378 e. The standard InChI is InChI=1S/C11H8BrN3O2S2/c1-4-13-11(19-15-4)18-8-3-7-5(2-6(8)12)9(16)10(17)14-7/h2-3,9,16H,1H3,(H,14,17). The molecule has 19 heavy (non-hydrogen) atoms. The maximum absolute atomic E-state index is 11.4. The van der Waals surface area contributed by atoms with E-state index in [0.717, 1.165) is 19.5 Å². The summed E-state index contributed by atoms with van der Waals surface area (Å²) < 4.78 is 5.78. The number of aryl methyl sites for hydroxylation is 1. The van der Waals surface area contributed by atoms with Crippen molar-refractivity contribution in [1.82, 2.24) is 9.36 Å². The van der Waals surface area contributed by atoms with Gasteiger partial charge in [0.2, 0.25) is 0 Å². The van der Waals surface area contributed by atoms with Gasteiger partial charge in [-0.2, -0.15) is 4.37 Å². The van der Waals surface area contributed by atoms with Crippen LogP contribution >= 0.6 is 39.2 Å². The molecule has 0 saturated heterocycles. The second-order valence-electron chi connectivity index (χ2n) is 3.97. The van der Waals surface area contributed by atoms with Crippen molar-refractivity contribution in [2.75, 3.05) is 5.32 Å². The topological polar surface area (TPSA) is 75.1 Å². The van der Waals surface area contributed by atoms with Crippen LogP contribution in [-0.2, 0) is 4.79 Å². The van der Waals surface area contributed by atoms with Gasteiger partial charge in [-0.1, -0.05) is 11.8 Å². The van der Waals surface area contributed by atoms with Crippen LogP contribution in [0.2, 0.25) is 0 Å². The summed E-state index contributed by atoms with van der Waals surface area (Å²) in [5.41, 5.74) is 1.24. The molecular weight excluding hydrogens is 350 g/mol. The third-order valence-electron chi connectivity index (χ3n) is 2.61. The predicted molar refractivity (Wildman–Crippen MR) is 76.5 cm³/mol. The normalized spacial score (nSPS) is 17.4. The van der Waals surface area contributed by atoms with Gasteiger partial charge in [-0.05, 0) is 46.5 Å². The smallest absolute Gasteiger partial charge is 0.257 e. The highest BCUT2D eigenvalue weighted by molar-refractivity contribution is 9.10. The lowest BCUT2D eigenvalue weighted by Crippen LogP contribution is -2.10. The lowest BCUT2D eigenvalue weighted by molar-refractivity contribution is -0.123. The molecule has 1 aliphatic rings. The van der Waals surface area contributed by atoms with E-state index in [0.29, 0.717) is 11.3 Å². The van der Waals surface area contributed by atoms with Gasteiger partial charge in [-0.15, -0.1) is 0 Å². The van der Waals surface area contributed by atoms with Crippen LogP contribution in [0.5, 0.6) is 0 Å². The van der Waals surface area contributed by atoms with Crippen molar-refractivity contribution in [3.05, 3.63) is 28.0 Å². The molecule has 1 atom stereocenters. The Morgan fingerprint density at radius 1 is 1.53 bits per heavy atom. The van der Waals surface area contributed by atoms with Crippen molar-refractivity contribution in [2.45, 2.75) is 22.3 Å². The van der Waals surface area contributed by atoms with Crippen LogP contribution in [0.3, 0.4) is 0 Å². The lowest BCUT2D eigenvalue weighted by Gasteiger charge is -2.06. The van der Waals surface area contributed by atoms with Gasteiger partial charge in [0.05, 0.1) is 0 Å². The van der Waals surface area contributed by atoms with Gasteiger partial charge >= 0.3 is 0 Å². The van der Waals surface area contributed by atoms with E-state index in [2.05, 4.69) is 30.6 Å². The second kappa shape index (κ2) is 4.86. The fourth-order valence-corrected chi connectivity index (χ4v) is 3.99. The highest BCUT2D eigenvalue weighted by Gasteiger charge is 2.29. The number of nitrogens with zero attached hydrogens (tertiary/aromatic N) is 2. The number of hydrogen-bond acceptors (Lipinski definition) is 6. The number of halogens is 1. The number of aliphatic hydroxyl groups is 1. The maximum Gasteiger partial charge on any atom is 0.257 e. The first-order valence-corrected chi connectivity index (χ1v) is 7.73. The zero-order valence-corrected chi connectivity index (χ0v) is 12.9. The summed E-state index contributed by atoms with van der Waals surface area (Å²) in [4.78, 5) is 16.6. The lowest BCUT2D eigenvalue weighted by atomic mass is 10.1. The van der Waals surface area contributed by atoms with Crippen molar-refractivity contribution in [1.29, 1.82) is 0 Å². The molecule has 0 saturated carbocycles. The minimum absolute atomic E-state index is 0.393. The molecule has 2 heterocycles. The van der Waals surface area contributed by atoms with Crippen LogP contribution in [0, 0.1) is 6.92 Å². The van der Waals surface area contributed by atoms with E-state index in [-0.39, 0.29) is 0 Å². The van der Waals surface area contributed by atoms with Crippen LogP contribution in [0.1, 0.15) is 17.5 Å². The number of aromatic nitrogens is 2. The van der Waals surface area contributed by atoms with E-state index in [1.165, 1.54) is 23.3 Å². The summed E-state index contributed by atoms with van der Waals surface area (Å²) >= 11 is 6.25. The minimum Gasteiger partial charge on any atom is -0.378 e. The molecule has 0 fully saturated rings. The molecule has 0 spiro atoms. The fourth-order valence-electron chi connectivity index (χ4n) is 1.74. The Morgan fingerprint density at radius 3 is 3.00 bits per heavy atom. The maximum atomic E-state index is 11.4. The SMILES string of the molecule is Cc1nsc(Sc2cc3c(cc2Br)C(O)C(=O)N3)n1. The minimum atomic E-state index is -1.09. The average Bonchev–Trinajstić information content (AvgIpc) is 2.87. The summed E-state index contributed by atoms with van der Waals surface area (Å²) in [5, 5.41) is 12.3. The molecule has 0 aliphatic carbocycles. The van der Waals surface area contributed by atoms with E-state index in [1.807, 2.05) is 13.0 Å². The quantitative estimate of drug-likeness (QED) is 0.864.